The van der Waals surface area contributed by atoms with Crippen LogP contribution in [-0.2, 0) is 16.2 Å². The third-order valence-corrected chi connectivity index (χ3v) is 2.59. The van der Waals surface area contributed by atoms with Gasteiger partial charge in [0.15, 0.2) is 24.4 Å². The Morgan fingerprint density at radius 2 is 1.50 bits per heavy atom. The third-order valence-electron chi connectivity index (χ3n) is 2.59. The Labute approximate surface area is 116 Å². The molecule has 0 saturated carbocycles. The number of ketones is 1. The summed E-state index contributed by atoms with van der Waals surface area (Å²) in [4.78, 5) is 21.2. The van der Waals surface area contributed by atoms with Crippen molar-refractivity contribution in [2.24, 2.45) is 0 Å². The highest BCUT2D eigenvalue weighted by atomic mass is 16.5. The average Bonchev–Trinajstić information content (AvgIpc) is 2.52. The van der Waals surface area contributed by atoms with Gasteiger partial charge in [-0.05, 0) is 17.7 Å². The lowest BCUT2D eigenvalue weighted by Gasteiger charge is -2.11. The summed E-state index contributed by atoms with van der Waals surface area (Å²) in [5.74, 6) is 0.372. The first kappa shape index (κ1) is 13.8. The maximum absolute atomic E-state index is 10.9. The molecule has 2 rings (SSSR count). The van der Waals surface area contributed by atoms with E-state index in [1.54, 1.807) is 18.2 Å². The smallest absolute Gasteiger partial charge is 0.232 e. The lowest BCUT2D eigenvalue weighted by molar-refractivity contribution is -0.131. The largest absolute Gasteiger partial charge is 0.485 e. The molecule has 0 aliphatic heterocycles. The number of carbonyl (C=O) groups is 2. The molecular weight excluding hydrogens is 256 g/mol. The monoisotopic (exact) mass is 270 g/mol. The SMILES string of the molecule is O=CC(=O)COc1ccccc1OCc1ccccc1. The molecule has 0 N–H and O–H groups in total. The van der Waals surface area contributed by atoms with Gasteiger partial charge in [-0.3, -0.25) is 9.59 Å². The van der Waals surface area contributed by atoms with Gasteiger partial charge in [-0.1, -0.05) is 42.5 Å². The minimum Gasteiger partial charge on any atom is -0.485 e. The van der Waals surface area contributed by atoms with E-state index in [2.05, 4.69) is 0 Å². The van der Waals surface area contributed by atoms with E-state index in [1.807, 2.05) is 36.4 Å². The number of hydrogen-bond acceptors (Lipinski definition) is 4. The molecule has 0 atom stereocenters. The van der Waals surface area contributed by atoms with Crippen molar-refractivity contribution in [1.29, 1.82) is 0 Å². The van der Waals surface area contributed by atoms with Crippen molar-refractivity contribution in [3.8, 4) is 11.5 Å². The first-order valence-corrected chi connectivity index (χ1v) is 6.16. The molecule has 0 spiro atoms. The van der Waals surface area contributed by atoms with Crippen LogP contribution in [0.4, 0.5) is 0 Å². The van der Waals surface area contributed by atoms with Gasteiger partial charge in [0.25, 0.3) is 0 Å². The van der Waals surface area contributed by atoms with Crippen molar-refractivity contribution in [2.45, 2.75) is 6.61 Å². The number of hydrogen-bond donors (Lipinski definition) is 0. The van der Waals surface area contributed by atoms with E-state index >= 15 is 0 Å². The predicted molar refractivity (Wildman–Crippen MR) is 73.8 cm³/mol. The molecule has 102 valence electrons. The van der Waals surface area contributed by atoms with Crippen molar-refractivity contribution >= 4 is 12.1 Å². The van der Waals surface area contributed by atoms with E-state index in [9.17, 15) is 9.59 Å². The number of aldehydes is 1. The van der Waals surface area contributed by atoms with Crippen LogP contribution >= 0.6 is 0 Å². The standard InChI is InChI=1S/C16H14O4/c17-10-14(18)12-20-16-9-5-4-8-15(16)19-11-13-6-2-1-3-7-13/h1-10H,11-12H2. The van der Waals surface area contributed by atoms with Gasteiger partial charge in [-0.2, -0.15) is 0 Å². The molecule has 0 saturated heterocycles. The second-order valence-electron chi connectivity index (χ2n) is 4.09. The van der Waals surface area contributed by atoms with E-state index in [0.29, 0.717) is 18.1 Å². The lowest BCUT2D eigenvalue weighted by Crippen LogP contribution is -2.12. The highest BCUT2D eigenvalue weighted by molar-refractivity contribution is 6.25. The van der Waals surface area contributed by atoms with Crippen molar-refractivity contribution < 1.29 is 19.1 Å². The van der Waals surface area contributed by atoms with E-state index < -0.39 is 5.78 Å². The molecule has 0 aromatic heterocycles. The summed E-state index contributed by atoms with van der Waals surface area (Å²) in [5, 5.41) is 0. The molecule has 0 fully saturated rings. The second kappa shape index (κ2) is 7.09. The fourth-order valence-corrected chi connectivity index (χ4v) is 1.61. The molecule has 20 heavy (non-hydrogen) atoms. The summed E-state index contributed by atoms with van der Waals surface area (Å²) < 4.78 is 10.9. The predicted octanol–water partition coefficient (Wildman–Crippen LogP) is 2.41. The van der Waals surface area contributed by atoms with Gasteiger partial charge in [0, 0.05) is 0 Å². The van der Waals surface area contributed by atoms with Crippen LogP contribution in [0.1, 0.15) is 5.56 Å². The van der Waals surface area contributed by atoms with Gasteiger partial charge in [-0.15, -0.1) is 0 Å². The Kier molecular flexibility index (Phi) is 4.89. The molecule has 0 radical (unpaired) electrons. The maximum Gasteiger partial charge on any atom is 0.232 e. The number of para-hydroxylation sites is 2. The second-order valence-corrected chi connectivity index (χ2v) is 4.09. The van der Waals surface area contributed by atoms with Crippen LogP contribution in [0.2, 0.25) is 0 Å². The van der Waals surface area contributed by atoms with Crippen LogP contribution in [0.25, 0.3) is 0 Å². The van der Waals surface area contributed by atoms with E-state index in [0.717, 1.165) is 5.56 Å². The zero-order valence-corrected chi connectivity index (χ0v) is 10.8. The minimum atomic E-state index is -0.608. The number of carbonyl (C=O) groups excluding carboxylic acids is 2. The number of Topliss-reactive ketones (excluding diaryl/α,β-unsaturated/α-hetero) is 1. The summed E-state index contributed by atoms with van der Waals surface area (Å²) in [6.07, 6.45) is 0.243. The topological polar surface area (TPSA) is 52.6 Å². The summed E-state index contributed by atoms with van der Waals surface area (Å²) in [6.45, 7) is 0.123. The summed E-state index contributed by atoms with van der Waals surface area (Å²) in [6, 6.07) is 16.8. The Balaban J connectivity index is 2.00. The quantitative estimate of drug-likeness (QED) is 0.572. The first-order valence-electron chi connectivity index (χ1n) is 6.16. The third kappa shape index (κ3) is 3.95. The van der Waals surface area contributed by atoms with Gasteiger partial charge < -0.3 is 9.47 Å². The molecular formula is C16H14O4. The Morgan fingerprint density at radius 1 is 0.900 bits per heavy atom. The van der Waals surface area contributed by atoms with Crippen LogP contribution in [-0.4, -0.2) is 18.7 Å². The van der Waals surface area contributed by atoms with Crippen LogP contribution in [0.15, 0.2) is 54.6 Å². The number of ether oxygens (including phenoxy) is 2. The van der Waals surface area contributed by atoms with Gasteiger partial charge in [0.05, 0.1) is 0 Å². The Bertz CT molecular complexity index is 578. The zero-order valence-electron chi connectivity index (χ0n) is 10.8. The Morgan fingerprint density at radius 3 is 2.15 bits per heavy atom. The maximum atomic E-state index is 10.9. The number of benzene rings is 2. The van der Waals surface area contributed by atoms with Gasteiger partial charge in [0.2, 0.25) is 5.78 Å². The molecule has 0 aliphatic rings. The fourth-order valence-electron chi connectivity index (χ4n) is 1.61. The molecule has 0 bridgehead atoms. The van der Waals surface area contributed by atoms with Crippen LogP contribution in [0.3, 0.4) is 0 Å². The van der Waals surface area contributed by atoms with Crippen molar-refractivity contribution in [3.05, 3.63) is 60.2 Å². The first-order chi connectivity index (χ1) is 9.79. The molecule has 0 amide bonds. The van der Waals surface area contributed by atoms with Crippen LogP contribution in [0.5, 0.6) is 11.5 Å². The lowest BCUT2D eigenvalue weighted by atomic mass is 10.2. The highest BCUT2D eigenvalue weighted by Crippen LogP contribution is 2.27. The Hall–Kier alpha value is -2.62. The normalized spacial score (nSPS) is 9.80. The minimum absolute atomic E-state index is 0.243. The number of rotatable bonds is 7. The van der Waals surface area contributed by atoms with Crippen molar-refractivity contribution in [3.63, 3.8) is 0 Å². The molecule has 4 heteroatoms. The molecule has 4 nitrogen and oxygen atoms in total. The van der Waals surface area contributed by atoms with Gasteiger partial charge >= 0.3 is 0 Å². The molecule has 0 unspecified atom stereocenters. The van der Waals surface area contributed by atoms with Crippen molar-refractivity contribution in [1.82, 2.24) is 0 Å². The van der Waals surface area contributed by atoms with E-state index in [1.165, 1.54) is 0 Å². The summed E-state index contributed by atoms with van der Waals surface area (Å²) >= 11 is 0. The van der Waals surface area contributed by atoms with Gasteiger partial charge in [0.1, 0.15) is 6.61 Å². The molecule has 0 heterocycles. The van der Waals surface area contributed by atoms with Crippen molar-refractivity contribution in [2.75, 3.05) is 6.61 Å². The van der Waals surface area contributed by atoms with Crippen LogP contribution < -0.4 is 9.47 Å². The fraction of sp³-hybridized carbons (Fsp3) is 0.125. The summed E-state index contributed by atoms with van der Waals surface area (Å²) in [5.41, 5.74) is 1.03. The van der Waals surface area contributed by atoms with E-state index in [4.69, 9.17) is 9.47 Å². The molecule has 2 aromatic rings. The average molecular weight is 270 g/mol. The van der Waals surface area contributed by atoms with Gasteiger partial charge in [-0.25, -0.2) is 0 Å². The van der Waals surface area contributed by atoms with E-state index in [-0.39, 0.29) is 12.9 Å². The van der Waals surface area contributed by atoms with Crippen LogP contribution in [0, 0.1) is 0 Å². The molecule has 0 aliphatic carbocycles. The summed E-state index contributed by atoms with van der Waals surface area (Å²) in [7, 11) is 0. The highest BCUT2D eigenvalue weighted by Gasteiger charge is 2.07. The zero-order chi connectivity index (χ0) is 14.2. The molecule has 2 aromatic carbocycles.